The molecule has 5 heteroatoms. The van der Waals surface area contributed by atoms with Crippen LogP contribution in [0.25, 0.3) is 0 Å². The maximum absolute atomic E-state index is 6.09. The summed E-state index contributed by atoms with van der Waals surface area (Å²) in [7, 11) is 0.316. The highest BCUT2D eigenvalue weighted by Crippen LogP contribution is 2.29. The predicted molar refractivity (Wildman–Crippen MR) is 85.5 cm³/mol. The molecule has 0 aliphatic heterocycles. The molecule has 0 fully saturated rings. The average Bonchev–Trinajstić information content (AvgIpc) is 2.76. The first-order valence-corrected chi connectivity index (χ1v) is 10.1. The van der Waals surface area contributed by atoms with Gasteiger partial charge in [-0.05, 0) is 38.7 Å². The monoisotopic (exact) mass is 287 g/mol. The standard InChI is InChI=1S/C15H21N3OSi/c1-12(15-16-10-11-18(15)2)17-13-8-6-7-9-14(13)19-20(3,4)5/h6-11H,1-5H3. The lowest BCUT2D eigenvalue weighted by Crippen LogP contribution is -2.29. The molecule has 0 aliphatic carbocycles. The Morgan fingerprint density at radius 3 is 2.55 bits per heavy atom. The summed E-state index contributed by atoms with van der Waals surface area (Å²) in [6.07, 6.45) is 3.69. The molecule has 1 heterocycles. The van der Waals surface area contributed by atoms with Gasteiger partial charge in [0.05, 0.1) is 5.71 Å². The van der Waals surface area contributed by atoms with Gasteiger partial charge in [-0.25, -0.2) is 9.98 Å². The molecular weight excluding hydrogens is 266 g/mol. The first-order valence-electron chi connectivity index (χ1n) is 6.68. The van der Waals surface area contributed by atoms with Crippen LogP contribution in [0.4, 0.5) is 5.69 Å². The highest BCUT2D eigenvalue weighted by atomic mass is 28.4. The van der Waals surface area contributed by atoms with Crippen LogP contribution in [-0.2, 0) is 7.05 Å². The van der Waals surface area contributed by atoms with Crippen LogP contribution in [0.3, 0.4) is 0 Å². The Kier molecular flexibility index (Phi) is 4.08. The number of aromatic nitrogens is 2. The molecule has 0 bridgehead atoms. The highest BCUT2D eigenvalue weighted by molar-refractivity contribution is 6.70. The predicted octanol–water partition coefficient (Wildman–Crippen LogP) is 3.77. The van der Waals surface area contributed by atoms with Gasteiger partial charge in [0.2, 0.25) is 8.32 Å². The van der Waals surface area contributed by atoms with Crippen molar-refractivity contribution in [2.75, 3.05) is 0 Å². The second-order valence-electron chi connectivity index (χ2n) is 5.74. The summed E-state index contributed by atoms with van der Waals surface area (Å²) >= 11 is 0. The SMILES string of the molecule is CC(=Nc1ccccc1O[Si](C)(C)C)c1nccn1C. The Hall–Kier alpha value is -1.88. The zero-order valence-corrected chi connectivity index (χ0v) is 13.7. The number of aliphatic imine (C=N–C) groups is 1. The van der Waals surface area contributed by atoms with E-state index in [1.54, 1.807) is 6.20 Å². The lowest BCUT2D eigenvalue weighted by molar-refractivity contribution is 0.559. The summed E-state index contributed by atoms with van der Waals surface area (Å²) < 4.78 is 8.05. The Morgan fingerprint density at radius 2 is 1.95 bits per heavy atom. The molecule has 1 aromatic heterocycles. The first kappa shape index (κ1) is 14.5. The van der Waals surface area contributed by atoms with Gasteiger partial charge in [-0.3, -0.25) is 0 Å². The Balaban J connectivity index is 2.36. The molecule has 0 radical (unpaired) electrons. The Labute approximate surface area is 121 Å². The van der Waals surface area contributed by atoms with Gasteiger partial charge in [-0.1, -0.05) is 12.1 Å². The number of aryl methyl sites for hydroxylation is 1. The zero-order chi connectivity index (χ0) is 14.8. The molecule has 0 unspecified atom stereocenters. The van der Waals surface area contributed by atoms with Crippen molar-refractivity contribution in [3.8, 4) is 5.75 Å². The first-order chi connectivity index (χ1) is 9.37. The molecule has 1 aromatic carbocycles. The summed E-state index contributed by atoms with van der Waals surface area (Å²) in [5.41, 5.74) is 1.74. The van der Waals surface area contributed by atoms with Crippen molar-refractivity contribution in [3.63, 3.8) is 0 Å². The molecule has 0 saturated heterocycles. The summed E-state index contributed by atoms with van der Waals surface area (Å²) in [4.78, 5) is 8.99. The topological polar surface area (TPSA) is 39.4 Å². The number of hydrogen-bond donors (Lipinski definition) is 0. The molecule has 0 N–H and O–H groups in total. The maximum atomic E-state index is 6.09. The Morgan fingerprint density at radius 1 is 1.25 bits per heavy atom. The van der Waals surface area contributed by atoms with Crippen LogP contribution in [0.1, 0.15) is 12.7 Å². The fraction of sp³-hybridized carbons (Fsp3) is 0.333. The van der Waals surface area contributed by atoms with E-state index in [-0.39, 0.29) is 0 Å². The highest BCUT2D eigenvalue weighted by Gasteiger charge is 2.18. The minimum Gasteiger partial charge on any atom is -0.543 e. The molecule has 2 aromatic rings. The number of para-hydroxylation sites is 2. The average molecular weight is 287 g/mol. The van der Waals surface area contributed by atoms with E-state index in [4.69, 9.17) is 4.43 Å². The molecule has 0 amide bonds. The normalized spacial score (nSPS) is 12.6. The van der Waals surface area contributed by atoms with Gasteiger partial charge in [0, 0.05) is 19.4 Å². The van der Waals surface area contributed by atoms with E-state index in [0.717, 1.165) is 23.0 Å². The molecule has 106 valence electrons. The number of rotatable bonds is 4. The second kappa shape index (κ2) is 5.62. The van der Waals surface area contributed by atoms with Crippen LogP contribution in [0.15, 0.2) is 41.7 Å². The molecule has 0 atom stereocenters. The number of hydrogen-bond acceptors (Lipinski definition) is 3. The minimum absolute atomic E-state index is 0.847. The molecule has 0 saturated carbocycles. The third-order valence-corrected chi connectivity index (χ3v) is 3.55. The van der Waals surface area contributed by atoms with Crippen molar-refractivity contribution in [1.82, 2.24) is 9.55 Å². The third-order valence-electron chi connectivity index (χ3n) is 2.71. The van der Waals surface area contributed by atoms with E-state index in [2.05, 4.69) is 29.6 Å². The zero-order valence-electron chi connectivity index (χ0n) is 12.7. The number of benzene rings is 1. The molecule has 20 heavy (non-hydrogen) atoms. The van der Waals surface area contributed by atoms with E-state index < -0.39 is 8.32 Å². The molecular formula is C15H21N3OSi. The van der Waals surface area contributed by atoms with E-state index in [1.807, 2.05) is 49.0 Å². The van der Waals surface area contributed by atoms with Gasteiger partial charge in [0.1, 0.15) is 11.4 Å². The van der Waals surface area contributed by atoms with Crippen molar-refractivity contribution in [2.24, 2.45) is 12.0 Å². The largest absolute Gasteiger partial charge is 0.543 e. The lowest BCUT2D eigenvalue weighted by Gasteiger charge is -2.20. The third kappa shape index (κ3) is 3.57. The summed E-state index contributed by atoms with van der Waals surface area (Å²) in [6, 6.07) is 7.90. The quantitative estimate of drug-likeness (QED) is 0.634. The van der Waals surface area contributed by atoms with Gasteiger partial charge in [-0.2, -0.15) is 0 Å². The van der Waals surface area contributed by atoms with E-state index in [9.17, 15) is 0 Å². The maximum Gasteiger partial charge on any atom is 0.242 e. The van der Waals surface area contributed by atoms with Crippen molar-refractivity contribution in [2.45, 2.75) is 26.6 Å². The Bertz CT molecular complexity index is 626. The molecule has 0 spiro atoms. The van der Waals surface area contributed by atoms with Crippen LogP contribution in [0.5, 0.6) is 5.75 Å². The van der Waals surface area contributed by atoms with Crippen molar-refractivity contribution in [1.29, 1.82) is 0 Å². The lowest BCUT2D eigenvalue weighted by atomic mass is 10.3. The summed E-state index contributed by atoms with van der Waals surface area (Å²) in [6.45, 7) is 8.46. The van der Waals surface area contributed by atoms with E-state index in [0.29, 0.717) is 0 Å². The van der Waals surface area contributed by atoms with Crippen molar-refractivity contribution in [3.05, 3.63) is 42.5 Å². The van der Waals surface area contributed by atoms with Gasteiger partial charge in [0.25, 0.3) is 0 Å². The van der Waals surface area contributed by atoms with Gasteiger partial charge in [-0.15, -0.1) is 0 Å². The fourth-order valence-corrected chi connectivity index (χ4v) is 2.74. The smallest absolute Gasteiger partial charge is 0.242 e. The van der Waals surface area contributed by atoms with Gasteiger partial charge in [0.15, 0.2) is 5.82 Å². The van der Waals surface area contributed by atoms with Gasteiger partial charge < -0.3 is 8.99 Å². The molecule has 2 rings (SSSR count). The van der Waals surface area contributed by atoms with E-state index >= 15 is 0 Å². The van der Waals surface area contributed by atoms with Crippen LogP contribution in [0, 0.1) is 0 Å². The van der Waals surface area contributed by atoms with Gasteiger partial charge >= 0.3 is 0 Å². The number of imidazole rings is 1. The summed E-state index contributed by atoms with van der Waals surface area (Å²) in [5.74, 6) is 1.72. The van der Waals surface area contributed by atoms with Crippen LogP contribution in [-0.4, -0.2) is 23.6 Å². The summed E-state index contributed by atoms with van der Waals surface area (Å²) in [5, 5.41) is 0. The number of nitrogens with zero attached hydrogens (tertiary/aromatic N) is 3. The van der Waals surface area contributed by atoms with E-state index in [1.165, 1.54) is 0 Å². The van der Waals surface area contributed by atoms with Crippen molar-refractivity contribution < 1.29 is 4.43 Å². The van der Waals surface area contributed by atoms with Crippen LogP contribution >= 0.6 is 0 Å². The molecule has 4 nitrogen and oxygen atoms in total. The van der Waals surface area contributed by atoms with Crippen molar-refractivity contribution >= 4 is 19.7 Å². The minimum atomic E-state index is -1.65. The fourth-order valence-electron chi connectivity index (χ4n) is 1.91. The molecule has 0 aliphatic rings. The van der Waals surface area contributed by atoms with Crippen LogP contribution in [0.2, 0.25) is 19.6 Å². The second-order valence-corrected chi connectivity index (χ2v) is 10.2. The van der Waals surface area contributed by atoms with Crippen LogP contribution < -0.4 is 4.43 Å².